The molecule has 0 radical (unpaired) electrons. The van der Waals surface area contributed by atoms with Gasteiger partial charge < -0.3 is 20.1 Å². The highest BCUT2D eigenvalue weighted by Gasteiger charge is 2.24. The third-order valence-corrected chi connectivity index (χ3v) is 5.26. The van der Waals surface area contributed by atoms with Gasteiger partial charge in [0.05, 0.1) is 11.8 Å². The normalized spacial score (nSPS) is 17.1. The molecule has 2 aliphatic rings. The van der Waals surface area contributed by atoms with Crippen molar-refractivity contribution in [3.8, 4) is 0 Å². The molecular formula is C20H23N7O. The lowest BCUT2D eigenvalue weighted by atomic mass is 10.1. The minimum atomic E-state index is -0.129. The second-order valence-corrected chi connectivity index (χ2v) is 7.52. The smallest absolute Gasteiger partial charge is 0.291 e. The number of imidazole rings is 1. The predicted molar refractivity (Wildman–Crippen MR) is 107 cm³/mol. The lowest BCUT2D eigenvalue weighted by molar-refractivity contribution is 0.0724. The summed E-state index contributed by atoms with van der Waals surface area (Å²) in [6, 6.07) is 6.54. The summed E-state index contributed by atoms with van der Waals surface area (Å²) in [4.78, 5) is 28.3. The Morgan fingerprint density at radius 1 is 1.21 bits per heavy atom. The van der Waals surface area contributed by atoms with Gasteiger partial charge in [0.1, 0.15) is 11.6 Å². The second-order valence-electron chi connectivity index (χ2n) is 7.52. The zero-order valence-electron chi connectivity index (χ0n) is 15.9. The van der Waals surface area contributed by atoms with E-state index in [9.17, 15) is 4.79 Å². The quantitative estimate of drug-likeness (QED) is 0.725. The van der Waals surface area contributed by atoms with E-state index in [1.54, 1.807) is 4.90 Å². The number of piperazine rings is 1. The summed E-state index contributed by atoms with van der Waals surface area (Å²) in [5.41, 5.74) is 1.87. The van der Waals surface area contributed by atoms with Gasteiger partial charge in [-0.2, -0.15) is 0 Å². The van der Waals surface area contributed by atoms with E-state index in [0.29, 0.717) is 24.9 Å². The van der Waals surface area contributed by atoms with Gasteiger partial charge in [-0.3, -0.25) is 4.79 Å². The van der Waals surface area contributed by atoms with Gasteiger partial charge in [-0.05, 0) is 31.9 Å². The molecule has 1 aliphatic heterocycles. The average molecular weight is 377 g/mol. The van der Waals surface area contributed by atoms with Gasteiger partial charge in [0, 0.05) is 43.8 Å². The number of rotatable bonds is 4. The number of carbonyl (C=O) groups excluding carboxylic acids is 1. The van der Waals surface area contributed by atoms with Crippen LogP contribution in [0.15, 0.2) is 30.7 Å². The van der Waals surface area contributed by atoms with E-state index in [2.05, 4.69) is 30.2 Å². The molecule has 1 saturated heterocycles. The summed E-state index contributed by atoms with van der Waals surface area (Å²) in [5, 5.41) is 7.46. The van der Waals surface area contributed by atoms with Crippen molar-refractivity contribution < 1.29 is 4.79 Å². The van der Waals surface area contributed by atoms with Crippen molar-refractivity contribution in [3.63, 3.8) is 0 Å². The molecule has 1 aromatic carbocycles. The van der Waals surface area contributed by atoms with Gasteiger partial charge in [-0.15, -0.1) is 0 Å². The first-order valence-electron chi connectivity index (χ1n) is 9.76. The summed E-state index contributed by atoms with van der Waals surface area (Å²) >= 11 is 0. The highest BCUT2D eigenvalue weighted by Crippen LogP contribution is 2.35. The maximum Gasteiger partial charge on any atom is 0.291 e. The number of aryl methyl sites for hydroxylation is 1. The molecule has 0 atom stereocenters. The van der Waals surface area contributed by atoms with E-state index >= 15 is 0 Å². The summed E-state index contributed by atoms with van der Waals surface area (Å²) < 4.78 is 2.13. The van der Waals surface area contributed by atoms with Crippen molar-refractivity contribution in [2.24, 2.45) is 0 Å². The van der Waals surface area contributed by atoms with Gasteiger partial charge in [-0.1, -0.05) is 11.6 Å². The fourth-order valence-electron chi connectivity index (χ4n) is 3.54. The molecular weight excluding hydrogens is 354 g/mol. The van der Waals surface area contributed by atoms with Crippen molar-refractivity contribution in [3.05, 3.63) is 42.1 Å². The lowest BCUT2D eigenvalue weighted by Gasteiger charge is -2.26. The maximum atomic E-state index is 12.9. The number of anilines is 2. The minimum absolute atomic E-state index is 0.129. The third kappa shape index (κ3) is 3.31. The molecule has 1 amide bonds. The summed E-state index contributed by atoms with van der Waals surface area (Å²) in [6.45, 7) is 4.96. The van der Waals surface area contributed by atoms with Crippen LogP contribution in [0.1, 0.15) is 35.1 Å². The first-order valence-corrected chi connectivity index (χ1v) is 9.76. The number of aromatic nitrogens is 4. The number of hydrogen-bond acceptors (Lipinski definition) is 6. The van der Waals surface area contributed by atoms with Crippen LogP contribution in [0, 0.1) is 6.92 Å². The number of nitrogens with zero attached hydrogens (tertiary/aromatic N) is 5. The Kier molecular flexibility index (Phi) is 4.20. The van der Waals surface area contributed by atoms with Crippen LogP contribution in [0.3, 0.4) is 0 Å². The van der Waals surface area contributed by atoms with Crippen LogP contribution in [0.2, 0.25) is 0 Å². The minimum Gasteiger partial charge on any atom is -0.333 e. The Morgan fingerprint density at radius 2 is 2.04 bits per heavy atom. The van der Waals surface area contributed by atoms with Crippen LogP contribution >= 0.6 is 0 Å². The maximum absolute atomic E-state index is 12.9. The highest BCUT2D eigenvalue weighted by molar-refractivity contribution is 5.97. The summed E-state index contributed by atoms with van der Waals surface area (Å²) in [7, 11) is 0. The number of amides is 1. The summed E-state index contributed by atoms with van der Waals surface area (Å²) in [5.74, 6) is 1.44. The van der Waals surface area contributed by atoms with Gasteiger partial charge in [0.2, 0.25) is 5.82 Å². The van der Waals surface area contributed by atoms with E-state index < -0.39 is 0 Å². The van der Waals surface area contributed by atoms with E-state index in [0.717, 1.165) is 35.4 Å². The molecule has 8 heteroatoms. The van der Waals surface area contributed by atoms with Crippen LogP contribution in [-0.2, 0) is 0 Å². The molecule has 3 aromatic rings. The van der Waals surface area contributed by atoms with Gasteiger partial charge in [0.15, 0.2) is 0 Å². The number of nitrogens with one attached hydrogen (secondary N) is 2. The molecule has 1 saturated carbocycles. The average Bonchev–Trinajstić information content (AvgIpc) is 3.47. The Bertz CT molecular complexity index is 1030. The Hall–Kier alpha value is -3.00. The molecule has 0 bridgehead atoms. The SMILES string of the molecule is Cc1ccc2nc(C(=O)N3CCNCC3)nc(Nc3cn(C4CC4)cn3)c2c1. The topological polar surface area (TPSA) is 88.0 Å². The molecule has 0 unspecified atom stereocenters. The number of fused-ring (bicyclic) bond motifs is 1. The molecule has 2 N–H and O–H groups in total. The van der Waals surface area contributed by atoms with Gasteiger partial charge in [-0.25, -0.2) is 15.0 Å². The molecule has 5 rings (SSSR count). The van der Waals surface area contributed by atoms with Crippen molar-refractivity contribution in [2.75, 3.05) is 31.5 Å². The molecule has 2 aromatic heterocycles. The molecule has 8 nitrogen and oxygen atoms in total. The highest BCUT2D eigenvalue weighted by atomic mass is 16.2. The van der Waals surface area contributed by atoms with Crippen molar-refractivity contribution >= 4 is 28.4 Å². The van der Waals surface area contributed by atoms with Gasteiger partial charge in [0.25, 0.3) is 5.91 Å². The zero-order valence-corrected chi connectivity index (χ0v) is 15.9. The van der Waals surface area contributed by atoms with Gasteiger partial charge >= 0.3 is 0 Å². The van der Waals surface area contributed by atoms with Crippen molar-refractivity contribution in [1.82, 2.24) is 29.7 Å². The molecule has 1 aliphatic carbocycles. The molecule has 0 spiro atoms. The van der Waals surface area contributed by atoms with E-state index in [-0.39, 0.29) is 11.7 Å². The first kappa shape index (κ1) is 17.1. The third-order valence-electron chi connectivity index (χ3n) is 5.26. The molecule has 28 heavy (non-hydrogen) atoms. The fraction of sp³-hybridized carbons (Fsp3) is 0.400. The number of hydrogen-bond donors (Lipinski definition) is 2. The second kappa shape index (κ2) is 6.87. The first-order chi connectivity index (χ1) is 13.7. The van der Waals surface area contributed by atoms with Crippen LogP contribution in [0.4, 0.5) is 11.6 Å². The number of benzene rings is 1. The zero-order chi connectivity index (χ0) is 19.1. The van der Waals surface area contributed by atoms with Crippen LogP contribution < -0.4 is 10.6 Å². The Morgan fingerprint density at radius 3 is 2.82 bits per heavy atom. The van der Waals surface area contributed by atoms with Crippen LogP contribution in [0.25, 0.3) is 10.9 Å². The van der Waals surface area contributed by atoms with E-state index in [4.69, 9.17) is 0 Å². The van der Waals surface area contributed by atoms with Crippen molar-refractivity contribution in [2.45, 2.75) is 25.8 Å². The standard InChI is InChI=1S/C20H23N7O/c1-13-2-5-16-15(10-13)18(24-17-11-27(12-22-17)14-3-4-14)25-19(23-16)20(28)26-8-6-21-7-9-26/h2,5,10-12,14,21H,3-4,6-9H2,1H3,(H,23,24,25). The van der Waals surface area contributed by atoms with Crippen LogP contribution in [0.5, 0.6) is 0 Å². The lowest BCUT2D eigenvalue weighted by Crippen LogP contribution is -2.46. The molecule has 3 heterocycles. The van der Waals surface area contributed by atoms with E-state index in [1.807, 2.05) is 37.6 Å². The summed E-state index contributed by atoms with van der Waals surface area (Å²) in [6.07, 6.45) is 6.25. The van der Waals surface area contributed by atoms with E-state index in [1.165, 1.54) is 12.8 Å². The predicted octanol–water partition coefficient (Wildman–Crippen LogP) is 2.26. The monoisotopic (exact) mass is 377 g/mol. The Labute approximate surface area is 163 Å². The fourth-order valence-corrected chi connectivity index (χ4v) is 3.54. The Balaban J connectivity index is 1.52. The molecule has 2 fully saturated rings. The largest absolute Gasteiger partial charge is 0.333 e. The van der Waals surface area contributed by atoms with Crippen LogP contribution in [-0.4, -0.2) is 56.5 Å². The van der Waals surface area contributed by atoms with Crippen molar-refractivity contribution in [1.29, 1.82) is 0 Å². The molecule has 144 valence electrons. The number of carbonyl (C=O) groups is 1.